The summed E-state index contributed by atoms with van der Waals surface area (Å²) in [5.74, 6) is 0.128. The van der Waals surface area contributed by atoms with E-state index in [4.69, 9.17) is 11.6 Å². The molecule has 3 nitrogen and oxygen atoms in total. The minimum Gasteiger partial charge on any atom is -0.506 e. The van der Waals surface area contributed by atoms with Crippen LogP contribution in [0.3, 0.4) is 0 Å². The van der Waals surface area contributed by atoms with Gasteiger partial charge < -0.3 is 15.5 Å². The van der Waals surface area contributed by atoms with Gasteiger partial charge in [-0.3, -0.25) is 0 Å². The van der Waals surface area contributed by atoms with Crippen LogP contribution in [0, 0.1) is 0 Å². The zero-order chi connectivity index (χ0) is 13.1. The molecule has 0 heterocycles. The first-order valence-corrected chi connectivity index (χ1v) is 7.31. The molecule has 0 spiro atoms. The second kappa shape index (κ2) is 6.24. The Kier molecular flexibility index (Phi) is 4.90. The smallest absolute Gasteiger partial charge is 0.138 e. The Balaban J connectivity index is 1.97. The van der Waals surface area contributed by atoms with E-state index in [2.05, 4.69) is 21.2 Å². The largest absolute Gasteiger partial charge is 0.506 e. The lowest BCUT2D eigenvalue weighted by molar-refractivity contribution is 0.111. The molecule has 0 amide bonds. The molecule has 1 aromatic carbocycles. The average molecular weight is 335 g/mol. The predicted molar refractivity (Wildman–Crippen MR) is 75.9 cm³/mol. The number of nitrogens with one attached hydrogen (secondary N) is 1. The van der Waals surface area contributed by atoms with E-state index in [1.807, 2.05) is 6.07 Å². The first kappa shape index (κ1) is 14.1. The van der Waals surface area contributed by atoms with E-state index in [1.54, 1.807) is 6.07 Å². The third-order valence-corrected chi connectivity index (χ3v) is 4.08. The Bertz CT molecular complexity index is 428. The summed E-state index contributed by atoms with van der Waals surface area (Å²) in [5.41, 5.74) is 0.773. The number of hydrogen-bond donors (Lipinski definition) is 3. The minimum absolute atomic E-state index is 0.128. The molecule has 2 unspecified atom stereocenters. The van der Waals surface area contributed by atoms with Crippen molar-refractivity contribution >= 4 is 27.5 Å². The number of halogens is 2. The van der Waals surface area contributed by atoms with Crippen LogP contribution in [0.15, 0.2) is 16.6 Å². The number of aromatic hydroxyl groups is 1. The molecule has 1 aliphatic carbocycles. The summed E-state index contributed by atoms with van der Waals surface area (Å²) in [6, 6.07) is 3.84. The van der Waals surface area contributed by atoms with E-state index < -0.39 is 0 Å². The quantitative estimate of drug-likeness (QED) is 0.795. The molecule has 0 aliphatic heterocycles. The standard InChI is InChI=1S/C13H17BrClNO2/c14-9-4-8(13(18)12(15)5-9)7-16-10-2-1-3-11(17)6-10/h4-5,10-11,16-18H,1-3,6-7H2. The second-order valence-electron chi connectivity index (χ2n) is 4.79. The number of phenols is 1. The van der Waals surface area contributed by atoms with Crippen molar-refractivity contribution in [3.63, 3.8) is 0 Å². The van der Waals surface area contributed by atoms with Crippen LogP contribution in [0.1, 0.15) is 31.2 Å². The van der Waals surface area contributed by atoms with Gasteiger partial charge in [0, 0.05) is 22.6 Å². The molecule has 18 heavy (non-hydrogen) atoms. The molecule has 1 aliphatic rings. The van der Waals surface area contributed by atoms with E-state index in [9.17, 15) is 10.2 Å². The highest BCUT2D eigenvalue weighted by Crippen LogP contribution is 2.31. The van der Waals surface area contributed by atoms with Crippen molar-refractivity contribution in [3.05, 3.63) is 27.2 Å². The summed E-state index contributed by atoms with van der Waals surface area (Å²) in [6.45, 7) is 0.558. The maximum Gasteiger partial charge on any atom is 0.138 e. The zero-order valence-corrected chi connectivity index (χ0v) is 12.3. The first-order chi connectivity index (χ1) is 8.56. The fourth-order valence-corrected chi connectivity index (χ4v) is 3.23. The Morgan fingerprint density at radius 1 is 1.39 bits per heavy atom. The van der Waals surface area contributed by atoms with Crippen molar-refractivity contribution in [2.45, 2.75) is 44.4 Å². The highest BCUT2D eigenvalue weighted by atomic mass is 79.9. The number of aliphatic hydroxyl groups is 1. The summed E-state index contributed by atoms with van der Waals surface area (Å²) in [4.78, 5) is 0. The van der Waals surface area contributed by atoms with E-state index in [0.29, 0.717) is 17.6 Å². The molecule has 2 atom stereocenters. The zero-order valence-electron chi connectivity index (χ0n) is 10.00. The van der Waals surface area contributed by atoms with Crippen LogP contribution in [-0.2, 0) is 6.54 Å². The lowest BCUT2D eigenvalue weighted by Gasteiger charge is -2.27. The molecule has 0 aromatic heterocycles. The maximum absolute atomic E-state index is 9.86. The van der Waals surface area contributed by atoms with Crippen LogP contribution in [0.5, 0.6) is 5.75 Å². The lowest BCUT2D eigenvalue weighted by atomic mass is 9.93. The summed E-state index contributed by atoms with van der Waals surface area (Å²) in [6.07, 6.45) is 3.59. The van der Waals surface area contributed by atoms with Gasteiger partial charge in [-0.15, -0.1) is 0 Å². The number of hydrogen-bond acceptors (Lipinski definition) is 3. The van der Waals surface area contributed by atoms with Gasteiger partial charge in [-0.2, -0.15) is 0 Å². The van der Waals surface area contributed by atoms with Gasteiger partial charge in [0.2, 0.25) is 0 Å². The monoisotopic (exact) mass is 333 g/mol. The Morgan fingerprint density at radius 3 is 2.89 bits per heavy atom. The molecule has 0 saturated heterocycles. The van der Waals surface area contributed by atoms with Crippen molar-refractivity contribution in [1.29, 1.82) is 0 Å². The van der Waals surface area contributed by atoms with Crippen LogP contribution in [0.25, 0.3) is 0 Å². The van der Waals surface area contributed by atoms with Gasteiger partial charge in [-0.05, 0) is 37.8 Å². The van der Waals surface area contributed by atoms with Gasteiger partial charge in [-0.25, -0.2) is 0 Å². The molecule has 1 fully saturated rings. The Morgan fingerprint density at radius 2 is 2.17 bits per heavy atom. The first-order valence-electron chi connectivity index (χ1n) is 6.14. The average Bonchev–Trinajstić information content (AvgIpc) is 2.32. The van der Waals surface area contributed by atoms with Crippen molar-refractivity contribution in [3.8, 4) is 5.75 Å². The fourth-order valence-electron chi connectivity index (χ4n) is 2.36. The topological polar surface area (TPSA) is 52.5 Å². The van der Waals surface area contributed by atoms with E-state index in [-0.39, 0.29) is 11.9 Å². The molecule has 5 heteroatoms. The summed E-state index contributed by atoms with van der Waals surface area (Å²) < 4.78 is 0.853. The Labute approximate surface area is 120 Å². The third kappa shape index (κ3) is 3.60. The minimum atomic E-state index is -0.198. The van der Waals surface area contributed by atoms with Crippen molar-refractivity contribution in [2.75, 3.05) is 0 Å². The van der Waals surface area contributed by atoms with Gasteiger partial charge in [0.25, 0.3) is 0 Å². The highest BCUT2D eigenvalue weighted by molar-refractivity contribution is 9.10. The van der Waals surface area contributed by atoms with Crippen molar-refractivity contribution in [2.24, 2.45) is 0 Å². The summed E-state index contributed by atoms with van der Waals surface area (Å²) in [7, 11) is 0. The van der Waals surface area contributed by atoms with Crippen LogP contribution in [0.4, 0.5) is 0 Å². The number of aliphatic hydroxyl groups excluding tert-OH is 1. The molecule has 3 N–H and O–H groups in total. The van der Waals surface area contributed by atoms with Crippen molar-refractivity contribution < 1.29 is 10.2 Å². The van der Waals surface area contributed by atoms with Gasteiger partial charge in [0.1, 0.15) is 5.75 Å². The third-order valence-electron chi connectivity index (χ3n) is 3.33. The van der Waals surface area contributed by atoms with Crippen LogP contribution >= 0.6 is 27.5 Å². The van der Waals surface area contributed by atoms with Gasteiger partial charge in [-0.1, -0.05) is 27.5 Å². The maximum atomic E-state index is 9.86. The molecule has 1 aromatic rings. The lowest BCUT2D eigenvalue weighted by Crippen LogP contribution is -2.35. The summed E-state index contributed by atoms with van der Waals surface area (Å²) >= 11 is 9.28. The molecule has 0 bridgehead atoms. The molecule has 2 rings (SSSR count). The summed E-state index contributed by atoms with van der Waals surface area (Å²) in [5, 5.41) is 23.2. The number of benzene rings is 1. The second-order valence-corrected chi connectivity index (χ2v) is 6.12. The number of rotatable bonds is 3. The SMILES string of the molecule is Oc1c(Cl)cc(Br)cc1CNC1CCCC(O)C1. The van der Waals surface area contributed by atoms with Gasteiger partial charge >= 0.3 is 0 Å². The molecular formula is C13H17BrClNO2. The van der Waals surface area contributed by atoms with Crippen LogP contribution in [-0.4, -0.2) is 22.4 Å². The van der Waals surface area contributed by atoms with Crippen molar-refractivity contribution in [1.82, 2.24) is 5.32 Å². The van der Waals surface area contributed by atoms with Crippen LogP contribution in [0.2, 0.25) is 5.02 Å². The fraction of sp³-hybridized carbons (Fsp3) is 0.538. The molecule has 0 radical (unpaired) electrons. The number of phenolic OH excluding ortho intramolecular Hbond substituents is 1. The molecule has 100 valence electrons. The normalized spacial score (nSPS) is 24.2. The Hall–Kier alpha value is -0.290. The molecular weight excluding hydrogens is 318 g/mol. The van der Waals surface area contributed by atoms with Gasteiger partial charge in [0.05, 0.1) is 11.1 Å². The van der Waals surface area contributed by atoms with Gasteiger partial charge in [0.15, 0.2) is 0 Å². The van der Waals surface area contributed by atoms with E-state index >= 15 is 0 Å². The van der Waals surface area contributed by atoms with E-state index in [1.165, 1.54) is 0 Å². The van der Waals surface area contributed by atoms with E-state index in [0.717, 1.165) is 35.7 Å². The predicted octanol–water partition coefficient (Wildman–Crippen LogP) is 3.20. The highest BCUT2D eigenvalue weighted by Gasteiger charge is 2.20. The molecule has 1 saturated carbocycles. The van der Waals surface area contributed by atoms with Crippen LogP contribution < -0.4 is 5.32 Å².